The maximum absolute atomic E-state index is 6.25. The molecule has 26 heavy (non-hydrogen) atoms. The number of nitrogens with zero attached hydrogens (tertiary/aromatic N) is 3. The predicted molar refractivity (Wildman–Crippen MR) is 109 cm³/mol. The van der Waals surface area contributed by atoms with E-state index in [0.29, 0.717) is 11.7 Å². The summed E-state index contributed by atoms with van der Waals surface area (Å²) >= 11 is 0. The van der Waals surface area contributed by atoms with Crippen LogP contribution < -0.4 is 5.73 Å². The Morgan fingerprint density at radius 3 is 2.46 bits per heavy atom. The minimum Gasteiger partial charge on any atom is -0.382 e. The highest BCUT2D eigenvalue weighted by atomic mass is 15.1. The van der Waals surface area contributed by atoms with Crippen molar-refractivity contribution in [2.75, 3.05) is 5.73 Å². The fourth-order valence-electron chi connectivity index (χ4n) is 3.60. The van der Waals surface area contributed by atoms with Crippen LogP contribution in [0.5, 0.6) is 0 Å². The first kappa shape index (κ1) is 16.6. The number of anilines is 1. The van der Waals surface area contributed by atoms with E-state index in [0.717, 1.165) is 40.7 Å². The van der Waals surface area contributed by atoms with Crippen molar-refractivity contribution >= 4 is 27.8 Å². The van der Waals surface area contributed by atoms with Gasteiger partial charge in [-0.1, -0.05) is 57.2 Å². The van der Waals surface area contributed by atoms with Gasteiger partial charge in [0, 0.05) is 18.4 Å². The molecule has 0 saturated carbocycles. The summed E-state index contributed by atoms with van der Waals surface area (Å²) in [6.07, 6.45) is 0.876. The van der Waals surface area contributed by atoms with Crippen molar-refractivity contribution in [2.45, 2.75) is 33.7 Å². The largest absolute Gasteiger partial charge is 0.382 e. The molecule has 0 aliphatic carbocycles. The number of nitrogen functional groups attached to an aromatic ring is 1. The molecule has 0 fully saturated rings. The van der Waals surface area contributed by atoms with Gasteiger partial charge >= 0.3 is 0 Å². The van der Waals surface area contributed by atoms with Crippen molar-refractivity contribution < 1.29 is 0 Å². The highest BCUT2D eigenvalue weighted by Gasteiger charge is 2.17. The number of hydrogen-bond acceptors (Lipinski definition) is 3. The van der Waals surface area contributed by atoms with Gasteiger partial charge in [0.1, 0.15) is 11.3 Å². The van der Waals surface area contributed by atoms with Crippen LogP contribution in [0, 0.1) is 5.92 Å². The molecule has 2 heterocycles. The Labute approximate surface area is 153 Å². The van der Waals surface area contributed by atoms with Gasteiger partial charge in [0.25, 0.3) is 0 Å². The molecule has 0 aliphatic rings. The molecule has 0 amide bonds. The Kier molecular flexibility index (Phi) is 4.11. The third-order valence-electron chi connectivity index (χ3n) is 4.75. The number of hydrogen-bond donors (Lipinski definition) is 1. The Balaban J connectivity index is 2.06. The molecule has 0 saturated heterocycles. The monoisotopic (exact) mass is 344 g/mol. The van der Waals surface area contributed by atoms with E-state index in [4.69, 9.17) is 10.7 Å². The lowest BCUT2D eigenvalue weighted by molar-refractivity contribution is 0.519. The van der Waals surface area contributed by atoms with Gasteiger partial charge in [-0.2, -0.15) is 0 Å². The van der Waals surface area contributed by atoms with Crippen LogP contribution in [-0.2, 0) is 13.0 Å². The number of fused-ring (bicyclic) bond motifs is 3. The summed E-state index contributed by atoms with van der Waals surface area (Å²) in [7, 11) is 0. The van der Waals surface area contributed by atoms with E-state index in [-0.39, 0.29) is 0 Å². The molecule has 0 aliphatic heterocycles. The van der Waals surface area contributed by atoms with Crippen LogP contribution in [0.4, 0.5) is 5.82 Å². The van der Waals surface area contributed by atoms with Gasteiger partial charge in [0.15, 0.2) is 5.82 Å². The van der Waals surface area contributed by atoms with Crippen LogP contribution in [0.25, 0.3) is 33.1 Å². The molecule has 132 valence electrons. The van der Waals surface area contributed by atoms with Crippen LogP contribution in [0.3, 0.4) is 0 Å². The minimum atomic E-state index is 0.511. The normalized spacial score (nSPS) is 11.7. The lowest BCUT2D eigenvalue weighted by Gasteiger charge is -2.13. The van der Waals surface area contributed by atoms with Crippen molar-refractivity contribution in [3.63, 3.8) is 0 Å². The SMILES string of the molecule is CCc1nc2c(N)nc3ccc(-c4ccccc4)cc3c2n1CC(C)C. The Hall–Kier alpha value is -2.88. The molecule has 4 rings (SSSR count). The predicted octanol–water partition coefficient (Wildman–Crippen LogP) is 5.05. The van der Waals surface area contributed by atoms with E-state index in [2.05, 4.69) is 72.8 Å². The molecule has 0 atom stereocenters. The molecule has 0 bridgehead atoms. The van der Waals surface area contributed by atoms with Gasteiger partial charge in [0.2, 0.25) is 0 Å². The van der Waals surface area contributed by atoms with Crippen molar-refractivity contribution in [3.05, 3.63) is 54.4 Å². The fraction of sp³-hybridized carbons (Fsp3) is 0.273. The van der Waals surface area contributed by atoms with E-state index < -0.39 is 0 Å². The van der Waals surface area contributed by atoms with Gasteiger partial charge < -0.3 is 10.3 Å². The molecule has 0 radical (unpaired) electrons. The number of aromatic nitrogens is 3. The average molecular weight is 344 g/mol. The van der Waals surface area contributed by atoms with Gasteiger partial charge in [-0.05, 0) is 29.2 Å². The highest BCUT2D eigenvalue weighted by Crippen LogP contribution is 2.32. The first-order valence-electron chi connectivity index (χ1n) is 9.22. The smallest absolute Gasteiger partial charge is 0.152 e. The average Bonchev–Trinajstić information content (AvgIpc) is 3.01. The molecule has 2 N–H and O–H groups in total. The quantitative estimate of drug-likeness (QED) is 0.563. The molecule has 4 aromatic rings. The van der Waals surface area contributed by atoms with Gasteiger partial charge in [0.05, 0.1) is 11.0 Å². The van der Waals surface area contributed by atoms with Crippen molar-refractivity contribution in [3.8, 4) is 11.1 Å². The molecular formula is C22H24N4. The molecule has 0 spiro atoms. The lowest BCUT2D eigenvalue weighted by atomic mass is 10.0. The Morgan fingerprint density at radius 1 is 1.00 bits per heavy atom. The minimum absolute atomic E-state index is 0.511. The van der Waals surface area contributed by atoms with Crippen LogP contribution in [-0.4, -0.2) is 14.5 Å². The Bertz CT molecular complexity index is 1080. The number of aryl methyl sites for hydroxylation is 1. The summed E-state index contributed by atoms with van der Waals surface area (Å²) in [4.78, 5) is 9.42. The second-order valence-electron chi connectivity index (χ2n) is 7.18. The van der Waals surface area contributed by atoms with Crippen LogP contribution in [0.15, 0.2) is 48.5 Å². The zero-order chi connectivity index (χ0) is 18.3. The highest BCUT2D eigenvalue weighted by molar-refractivity contribution is 6.07. The van der Waals surface area contributed by atoms with Crippen LogP contribution in [0.2, 0.25) is 0 Å². The summed E-state index contributed by atoms with van der Waals surface area (Å²) in [6, 6.07) is 16.8. The summed E-state index contributed by atoms with van der Waals surface area (Å²) < 4.78 is 2.33. The fourth-order valence-corrected chi connectivity index (χ4v) is 3.60. The number of pyridine rings is 1. The second kappa shape index (κ2) is 6.45. The lowest BCUT2D eigenvalue weighted by Crippen LogP contribution is -2.08. The third kappa shape index (κ3) is 2.71. The zero-order valence-corrected chi connectivity index (χ0v) is 15.5. The summed E-state index contributed by atoms with van der Waals surface area (Å²) in [5.41, 5.74) is 11.5. The number of rotatable bonds is 4. The first-order chi connectivity index (χ1) is 12.6. The number of nitrogens with two attached hydrogens (primary N) is 1. The standard InChI is InChI=1S/C22H24N4/c1-4-19-25-20-21(26(19)13-14(2)3)17-12-16(15-8-6-5-7-9-15)10-11-18(17)24-22(20)23/h5-12,14H,4,13H2,1-3H3,(H2,23,24). The molecule has 4 nitrogen and oxygen atoms in total. The van der Waals surface area contributed by atoms with E-state index in [9.17, 15) is 0 Å². The first-order valence-corrected chi connectivity index (χ1v) is 9.22. The van der Waals surface area contributed by atoms with E-state index in [1.807, 2.05) is 6.07 Å². The molecule has 2 aromatic carbocycles. The van der Waals surface area contributed by atoms with Crippen molar-refractivity contribution in [1.29, 1.82) is 0 Å². The van der Waals surface area contributed by atoms with Gasteiger partial charge in [-0.25, -0.2) is 9.97 Å². The molecular weight excluding hydrogens is 320 g/mol. The molecule has 2 aromatic heterocycles. The zero-order valence-electron chi connectivity index (χ0n) is 15.5. The molecule has 0 unspecified atom stereocenters. The summed E-state index contributed by atoms with van der Waals surface area (Å²) in [6.45, 7) is 7.52. The van der Waals surface area contributed by atoms with Crippen LogP contribution >= 0.6 is 0 Å². The van der Waals surface area contributed by atoms with Gasteiger partial charge in [-0.3, -0.25) is 0 Å². The third-order valence-corrected chi connectivity index (χ3v) is 4.75. The summed E-state index contributed by atoms with van der Waals surface area (Å²) in [5, 5.41) is 1.11. The number of benzene rings is 2. The van der Waals surface area contributed by atoms with E-state index in [1.165, 1.54) is 11.1 Å². The van der Waals surface area contributed by atoms with E-state index in [1.54, 1.807) is 0 Å². The summed E-state index contributed by atoms with van der Waals surface area (Å²) in [5.74, 6) is 2.11. The van der Waals surface area contributed by atoms with Crippen LogP contribution in [0.1, 0.15) is 26.6 Å². The number of imidazole rings is 1. The van der Waals surface area contributed by atoms with Crippen molar-refractivity contribution in [1.82, 2.24) is 14.5 Å². The second-order valence-corrected chi connectivity index (χ2v) is 7.18. The Morgan fingerprint density at radius 2 is 1.77 bits per heavy atom. The maximum atomic E-state index is 6.25. The topological polar surface area (TPSA) is 56.7 Å². The van der Waals surface area contributed by atoms with Gasteiger partial charge in [-0.15, -0.1) is 0 Å². The van der Waals surface area contributed by atoms with E-state index >= 15 is 0 Å². The molecule has 4 heteroatoms. The van der Waals surface area contributed by atoms with Crippen molar-refractivity contribution in [2.24, 2.45) is 5.92 Å². The maximum Gasteiger partial charge on any atom is 0.152 e.